The minimum Gasteiger partial charge on any atom is -0.497 e. The van der Waals surface area contributed by atoms with Crippen molar-refractivity contribution in [3.05, 3.63) is 29.6 Å². The van der Waals surface area contributed by atoms with Crippen molar-refractivity contribution in [2.24, 2.45) is 0 Å². The van der Waals surface area contributed by atoms with E-state index in [1.807, 2.05) is 13.8 Å². The first-order chi connectivity index (χ1) is 8.36. The lowest BCUT2D eigenvalue weighted by Gasteiger charge is -2.25. The first-order valence-corrected chi connectivity index (χ1v) is 6.16. The summed E-state index contributed by atoms with van der Waals surface area (Å²) in [6.07, 6.45) is 0.453. The minimum atomic E-state index is -1.18. The Morgan fingerprint density at radius 3 is 2.61 bits per heavy atom. The van der Waals surface area contributed by atoms with E-state index in [2.05, 4.69) is 5.32 Å². The van der Waals surface area contributed by atoms with Gasteiger partial charge in [-0.1, -0.05) is 13.8 Å². The van der Waals surface area contributed by atoms with Crippen molar-refractivity contribution < 1.29 is 14.2 Å². The molecule has 0 aliphatic carbocycles. The predicted octanol–water partition coefficient (Wildman–Crippen LogP) is 2.43. The van der Waals surface area contributed by atoms with Gasteiger partial charge in [-0.3, -0.25) is 0 Å². The molecule has 102 valence electrons. The Morgan fingerprint density at radius 2 is 2.11 bits per heavy atom. The summed E-state index contributed by atoms with van der Waals surface area (Å²) in [5, 5.41) is 13.5. The Bertz CT molecular complexity index is 391. The van der Waals surface area contributed by atoms with Crippen LogP contribution in [0.3, 0.4) is 0 Å². The van der Waals surface area contributed by atoms with Gasteiger partial charge in [0, 0.05) is 17.7 Å². The molecule has 0 fully saturated rings. The van der Waals surface area contributed by atoms with E-state index in [4.69, 9.17) is 4.74 Å². The highest BCUT2D eigenvalue weighted by atomic mass is 19.1. The Balaban J connectivity index is 2.77. The molecule has 1 aromatic rings. The maximum Gasteiger partial charge on any atom is 0.132 e. The van der Waals surface area contributed by atoms with Crippen LogP contribution in [0.15, 0.2) is 18.2 Å². The molecule has 0 amide bonds. The van der Waals surface area contributed by atoms with Gasteiger partial charge in [0.25, 0.3) is 0 Å². The van der Waals surface area contributed by atoms with Crippen LogP contribution in [0.2, 0.25) is 0 Å². The van der Waals surface area contributed by atoms with Crippen LogP contribution in [0.5, 0.6) is 5.75 Å². The summed E-state index contributed by atoms with van der Waals surface area (Å²) in [6, 6.07) is 4.87. The normalized spacial score (nSPS) is 14.6. The van der Waals surface area contributed by atoms with Crippen molar-refractivity contribution in [1.29, 1.82) is 0 Å². The standard InChI is InChI=1S/C14H22FNO2/c1-10(2)16-8-7-14(3,17)12-6-5-11(18-4)9-13(12)15/h5-6,9-10,16-17H,7-8H2,1-4H3. The van der Waals surface area contributed by atoms with Gasteiger partial charge in [0.15, 0.2) is 0 Å². The van der Waals surface area contributed by atoms with Crippen molar-refractivity contribution in [2.75, 3.05) is 13.7 Å². The number of aliphatic hydroxyl groups is 1. The van der Waals surface area contributed by atoms with E-state index in [1.54, 1.807) is 19.1 Å². The van der Waals surface area contributed by atoms with Crippen LogP contribution >= 0.6 is 0 Å². The van der Waals surface area contributed by atoms with Crippen LogP contribution in [0.25, 0.3) is 0 Å². The molecule has 0 aliphatic rings. The predicted molar refractivity (Wildman–Crippen MR) is 70.3 cm³/mol. The fourth-order valence-corrected chi connectivity index (χ4v) is 1.80. The van der Waals surface area contributed by atoms with Gasteiger partial charge in [0.05, 0.1) is 12.7 Å². The van der Waals surface area contributed by atoms with E-state index in [-0.39, 0.29) is 0 Å². The monoisotopic (exact) mass is 255 g/mol. The van der Waals surface area contributed by atoms with E-state index in [0.717, 1.165) is 0 Å². The van der Waals surface area contributed by atoms with Crippen LogP contribution in [0, 0.1) is 5.82 Å². The van der Waals surface area contributed by atoms with Crippen molar-refractivity contribution in [1.82, 2.24) is 5.32 Å². The zero-order valence-corrected chi connectivity index (χ0v) is 11.5. The number of methoxy groups -OCH3 is 1. The first kappa shape index (κ1) is 14.9. The molecule has 0 aliphatic heterocycles. The quantitative estimate of drug-likeness (QED) is 0.820. The molecule has 2 N–H and O–H groups in total. The molecule has 0 aromatic heterocycles. The maximum absolute atomic E-state index is 13.9. The van der Waals surface area contributed by atoms with Crippen LogP contribution < -0.4 is 10.1 Å². The lowest BCUT2D eigenvalue weighted by atomic mass is 9.92. The minimum absolute atomic E-state index is 0.300. The molecule has 18 heavy (non-hydrogen) atoms. The van der Waals surface area contributed by atoms with Crippen molar-refractivity contribution in [3.63, 3.8) is 0 Å². The summed E-state index contributed by atoms with van der Waals surface area (Å²) in [6.45, 7) is 6.32. The average molecular weight is 255 g/mol. The van der Waals surface area contributed by atoms with Crippen LogP contribution in [0.1, 0.15) is 32.8 Å². The third-order valence-electron chi connectivity index (χ3n) is 2.92. The molecule has 0 spiro atoms. The molecule has 0 radical (unpaired) electrons. The molecule has 0 heterocycles. The fourth-order valence-electron chi connectivity index (χ4n) is 1.80. The van der Waals surface area contributed by atoms with Gasteiger partial charge in [-0.25, -0.2) is 4.39 Å². The second-order valence-corrected chi connectivity index (χ2v) is 4.98. The zero-order chi connectivity index (χ0) is 13.8. The second kappa shape index (κ2) is 6.16. The van der Waals surface area contributed by atoms with E-state index < -0.39 is 11.4 Å². The number of hydrogen-bond donors (Lipinski definition) is 2. The molecule has 0 bridgehead atoms. The number of halogens is 1. The highest BCUT2D eigenvalue weighted by Gasteiger charge is 2.26. The first-order valence-electron chi connectivity index (χ1n) is 6.16. The van der Waals surface area contributed by atoms with Crippen LogP contribution in [-0.4, -0.2) is 24.8 Å². The highest BCUT2D eigenvalue weighted by Crippen LogP contribution is 2.28. The molecule has 0 saturated carbocycles. The van der Waals surface area contributed by atoms with Gasteiger partial charge >= 0.3 is 0 Å². The Hall–Kier alpha value is -1.13. The molecule has 1 atom stereocenters. The number of hydrogen-bond acceptors (Lipinski definition) is 3. The Labute approximate surface area is 108 Å². The smallest absolute Gasteiger partial charge is 0.132 e. The summed E-state index contributed by atoms with van der Waals surface area (Å²) in [4.78, 5) is 0. The van der Waals surface area contributed by atoms with Gasteiger partial charge in [-0.15, -0.1) is 0 Å². The largest absolute Gasteiger partial charge is 0.497 e. The van der Waals surface area contributed by atoms with Crippen molar-refractivity contribution in [3.8, 4) is 5.75 Å². The SMILES string of the molecule is COc1ccc(C(C)(O)CCNC(C)C)c(F)c1. The molecule has 3 nitrogen and oxygen atoms in total. The summed E-state index contributed by atoms with van der Waals surface area (Å²) in [7, 11) is 1.49. The highest BCUT2D eigenvalue weighted by molar-refractivity contribution is 5.32. The summed E-state index contributed by atoms with van der Waals surface area (Å²) in [5.41, 5.74) is -0.882. The van der Waals surface area contributed by atoms with E-state index >= 15 is 0 Å². The number of rotatable bonds is 6. The van der Waals surface area contributed by atoms with Gasteiger partial charge in [0.2, 0.25) is 0 Å². The lowest BCUT2D eigenvalue weighted by molar-refractivity contribution is 0.0438. The second-order valence-electron chi connectivity index (χ2n) is 4.98. The van der Waals surface area contributed by atoms with Gasteiger partial charge in [-0.2, -0.15) is 0 Å². The van der Waals surface area contributed by atoms with Crippen LogP contribution in [-0.2, 0) is 5.60 Å². The number of benzene rings is 1. The molecule has 1 aromatic carbocycles. The Morgan fingerprint density at radius 1 is 1.44 bits per heavy atom. The summed E-state index contributed by atoms with van der Waals surface area (Å²) in [5.74, 6) is 0.0104. The zero-order valence-electron chi connectivity index (χ0n) is 11.5. The third kappa shape index (κ3) is 3.96. The van der Waals surface area contributed by atoms with Crippen LogP contribution in [0.4, 0.5) is 4.39 Å². The van der Waals surface area contributed by atoms with Gasteiger partial charge < -0.3 is 15.2 Å². The lowest BCUT2D eigenvalue weighted by Crippen LogP contribution is -2.31. The van der Waals surface area contributed by atoms with E-state index in [0.29, 0.717) is 30.3 Å². The Kier molecular flexibility index (Phi) is 5.11. The molecule has 1 rings (SSSR count). The number of nitrogens with one attached hydrogen (secondary N) is 1. The summed E-state index contributed by atoms with van der Waals surface area (Å²) < 4.78 is 18.8. The molecule has 1 unspecified atom stereocenters. The van der Waals surface area contributed by atoms with E-state index in [9.17, 15) is 9.50 Å². The average Bonchev–Trinajstić information content (AvgIpc) is 2.27. The summed E-state index contributed by atoms with van der Waals surface area (Å²) >= 11 is 0. The molecule has 0 saturated heterocycles. The third-order valence-corrected chi connectivity index (χ3v) is 2.92. The van der Waals surface area contributed by atoms with Crippen molar-refractivity contribution >= 4 is 0 Å². The maximum atomic E-state index is 13.9. The molecular weight excluding hydrogens is 233 g/mol. The molecule has 4 heteroatoms. The van der Waals surface area contributed by atoms with Crippen molar-refractivity contribution in [2.45, 2.75) is 38.8 Å². The number of ether oxygens (including phenoxy) is 1. The van der Waals surface area contributed by atoms with Gasteiger partial charge in [0.1, 0.15) is 11.6 Å². The van der Waals surface area contributed by atoms with E-state index in [1.165, 1.54) is 13.2 Å². The fraction of sp³-hybridized carbons (Fsp3) is 0.571. The topological polar surface area (TPSA) is 41.5 Å². The van der Waals surface area contributed by atoms with Gasteiger partial charge in [-0.05, 0) is 32.0 Å². The molecular formula is C14H22FNO2.